The maximum Gasteiger partial charge on any atom is 0.417 e. The molecule has 4 N–H and O–H groups in total. The van der Waals surface area contributed by atoms with E-state index in [0.717, 1.165) is 84.7 Å². The molecule has 3 atom stereocenters. The number of likely N-dealkylation sites (tertiary alicyclic amines) is 1. The second-order valence-corrected chi connectivity index (χ2v) is 14.0. The number of fused-ring (bicyclic) bond motifs is 4. The Labute approximate surface area is 287 Å². The quantitative estimate of drug-likeness (QED) is 0.184. The van der Waals surface area contributed by atoms with Gasteiger partial charge in [0.2, 0.25) is 0 Å². The molecule has 0 radical (unpaired) electrons. The SMILES string of the molecule is COC(=O)N(C(=O)N1[C@@H](C)CC[C@H]1c1nc2ccc3cc(-c4ccc(/C(N)=C/N=C/[C@@H]5CCCN5)c5c4CCCC5)ccc3c2[nH]1)C(C)C. The summed E-state index contributed by atoms with van der Waals surface area (Å²) in [6.07, 6.45) is 11.4. The lowest BCUT2D eigenvalue weighted by atomic mass is 9.82. The van der Waals surface area contributed by atoms with Gasteiger partial charge in [0.05, 0.1) is 36.1 Å². The molecule has 10 heteroatoms. The Hall–Kier alpha value is -4.70. The van der Waals surface area contributed by atoms with Gasteiger partial charge in [0, 0.05) is 35.3 Å². The van der Waals surface area contributed by atoms with Crippen LogP contribution < -0.4 is 11.1 Å². The Morgan fingerprint density at radius 1 is 1.06 bits per heavy atom. The van der Waals surface area contributed by atoms with E-state index < -0.39 is 6.09 Å². The molecule has 1 aromatic heterocycles. The first kappa shape index (κ1) is 32.8. The van der Waals surface area contributed by atoms with E-state index in [2.05, 4.69) is 51.7 Å². The lowest BCUT2D eigenvalue weighted by Gasteiger charge is -2.33. The molecule has 49 heavy (non-hydrogen) atoms. The van der Waals surface area contributed by atoms with Crippen LogP contribution in [0.5, 0.6) is 0 Å². The number of nitrogens with zero attached hydrogens (tertiary/aromatic N) is 4. The summed E-state index contributed by atoms with van der Waals surface area (Å²) < 4.78 is 4.95. The Morgan fingerprint density at radius 3 is 2.63 bits per heavy atom. The van der Waals surface area contributed by atoms with Crippen molar-refractivity contribution in [2.45, 2.75) is 96.3 Å². The van der Waals surface area contributed by atoms with Crippen molar-refractivity contribution in [3.8, 4) is 11.1 Å². The van der Waals surface area contributed by atoms with Crippen LogP contribution in [0.1, 0.15) is 87.9 Å². The Balaban J connectivity index is 1.20. The number of rotatable bonds is 6. The summed E-state index contributed by atoms with van der Waals surface area (Å²) in [5, 5.41) is 5.64. The predicted molar refractivity (Wildman–Crippen MR) is 195 cm³/mol. The van der Waals surface area contributed by atoms with Crippen molar-refractivity contribution >= 4 is 45.8 Å². The number of benzene rings is 3. The highest BCUT2D eigenvalue weighted by Crippen LogP contribution is 2.40. The summed E-state index contributed by atoms with van der Waals surface area (Å²) in [4.78, 5) is 42.4. The normalized spacial score (nSPS) is 21.3. The third-order valence-electron chi connectivity index (χ3n) is 10.5. The molecule has 3 amide bonds. The van der Waals surface area contributed by atoms with Crippen molar-refractivity contribution in [1.29, 1.82) is 0 Å². The number of imidazole rings is 1. The average Bonchev–Trinajstić information content (AvgIpc) is 3.87. The standard InChI is InChI=1S/C39H47N7O3/c1-23(2)45(39(48)49-4)38(47)46-24(3)11-18-35(46)37-43-34-17-13-26-20-25(12-14-29(26)36(34)44-37)28-15-16-32(31-10-6-5-9-30(28)31)33(40)22-41-21-27-8-7-19-42-27/h12-17,20-24,27,35,42H,5-11,18-19,40H2,1-4H3,(H,43,44)/b33-22-,41-21+/t24-,27-,35-/m0/s1. The van der Waals surface area contributed by atoms with Gasteiger partial charge < -0.3 is 25.7 Å². The lowest BCUT2D eigenvalue weighted by molar-refractivity contribution is 0.0949. The maximum atomic E-state index is 13.7. The topological polar surface area (TPSA) is 129 Å². The fraction of sp³-hybridized carbons (Fsp3) is 0.436. The molecule has 0 bridgehead atoms. The number of imide groups is 1. The maximum absolute atomic E-state index is 13.7. The lowest BCUT2D eigenvalue weighted by Crippen LogP contribution is -2.51. The molecular weight excluding hydrogens is 614 g/mol. The predicted octanol–water partition coefficient (Wildman–Crippen LogP) is 7.46. The molecular formula is C39H47N7O3. The van der Waals surface area contributed by atoms with E-state index in [0.29, 0.717) is 11.7 Å². The van der Waals surface area contributed by atoms with E-state index in [1.165, 1.54) is 40.7 Å². The zero-order chi connectivity index (χ0) is 34.2. The van der Waals surface area contributed by atoms with E-state index in [-0.39, 0.29) is 24.2 Å². The van der Waals surface area contributed by atoms with Gasteiger partial charge >= 0.3 is 12.1 Å². The number of urea groups is 1. The van der Waals surface area contributed by atoms with Crippen LogP contribution in [0, 0.1) is 0 Å². The molecule has 10 nitrogen and oxygen atoms in total. The van der Waals surface area contributed by atoms with Crippen molar-refractivity contribution in [3.05, 3.63) is 71.2 Å². The van der Waals surface area contributed by atoms with Gasteiger partial charge in [-0.25, -0.2) is 19.5 Å². The molecule has 1 aliphatic carbocycles. The Bertz CT molecular complexity index is 1960. The number of nitrogens with two attached hydrogens (primary N) is 1. The second-order valence-electron chi connectivity index (χ2n) is 14.0. The number of ether oxygens (including phenoxy) is 1. The Morgan fingerprint density at radius 2 is 1.88 bits per heavy atom. The number of carbonyl (C=O) groups excluding carboxylic acids is 2. The number of hydrogen-bond acceptors (Lipinski definition) is 7. The third kappa shape index (κ3) is 6.18. The largest absolute Gasteiger partial charge is 0.452 e. The van der Waals surface area contributed by atoms with Crippen LogP contribution in [-0.2, 0) is 17.6 Å². The number of aromatic nitrogens is 2. The summed E-state index contributed by atoms with van der Waals surface area (Å²) in [7, 11) is 1.30. The van der Waals surface area contributed by atoms with Gasteiger partial charge in [-0.15, -0.1) is 0 Å². The minimum absolute atomic E-state index is 0.0407. The van der Waals surface area contributed by atoms with Gasteiger partial charge in [0.15, 0.2) is 0 Å². The van der Waals surface area contributed by atoms with E-state index in [1.54, 1.807) is 4.90 Å². The molecule has 2 aliphatic heterocycles. The van der Waals surface area contributed by atoms with Gasteiger partial charge in [-0.3, -0.25) is 4.99 Å². The van der Waals surface area contributed by atoms with Gasteiger partial charge in [0.25, 0.3) is 0 Å². The van der Waals surface area contributed by atoms with Gasteiger partial charge in [-0.05, 0) is 118 Å². The fourth-order valence-corrected chi connectivity index (χ4v) is 8.01. The highest BCUT2D eigenvalue weighted by molar-refractivity contribution is 6.05. The molecule has 0 spiro atoms. The summed E-state index contributed by atoms with van der Waals surface area (Å²) >= 11 is 0. The van der Waals surface area contributed by atoms with Gasteiger partial charge in [-0.1, -0.05) is 30.3 Å². The number of aromatic amines is 1. The van der Waals surface area contributed by atoms with Crippen molar-refractivity contribution in [2.75, 3.05) is 13.7 Å². The number of aliphatic imine (C=N–C) groups is 1. The Kier molecular flexibility index (Phi) is 9.15. The molecule has 2 fully saturated rings. The molecule has 2 saturated heterocycles. The van der Waals surface area contributed by atoms with Crippen molar-refractivity contribution in [1.82, 2.24) is 25.1 Å². The first-order valence-electron chi connectivity index (χ1n) is 17.7. The molecule has 3 aliphatic rings. The molecule has 0 saturated carbocycles. The average molecular weight is 662 g/mol. The number of H-pyrrole nitrogens is 1. The second kappa shape index (κ2) is 13.7. The van der Waals surface area contributed by atoms with Crippen LogP contribution in [0.25, 0.3) is 38.6 Å². The van der Waals surface area contributed by atoms with Crippen molar-refractivity contribution in [2.24, 2.45) is 10.7 Å². The monoisotopic (exact) mass is 661 g/mol. The minimum atomic E-state index is -0.651. The van der Waals surface area contributed by atoms with Crippen molar-refractivity contribution in [3.63, 3.8) is 0 Å². The van der Waals surface area contributed by atoms with E-state index in [9.17, 15) is 9.59 Å². The van der Waals surface area contributed by atoms with Crippen molar-refractivity contribution < 1.29 is 14.3 Å². The zero-order valence-corrected chi connectivity index (χ0v) is 29.0. The highest BCUT2D eigenvalue weighted by Gasteiger charge is 2.42. The molecule has 3 heterocycles. The molecule has 4 aromatic rings. The van der Waals surface area contributed by atoms with Crippen LogP contribution in [0.4, 0.5) is 9.59 Å². The summed E-state index contributed by atoms with van der Waals surface area (Å²) in [6.45, 7) is 6.70. The number of hydrogen-bond donors (Lipinski definition) is 3. The van der Waals surface area contributed by atoms with Crippen LogP contribution in [0.2, 0.25) is 0 Å². The number of amides is 3. The first-order chi connectivity index (χ1) is 23.7. The van der Waals surface area contributed by atoms with Crippen LogP contribution in [-0.4, -0.2) is 69.9 Å². The number of nitrogens with one attached hydrogen (secondary N) is 2. The molecule has 7 rings (SSSR count). The van der Waals surface area contributed by atoms with Gasteiger partial charge in [-0.2, -0.15) is 0 Å². The first-order valence-corrected chi connectivity index (χ1v) is 17.7. The van der Waals surface area contributed by atoms with E-state index in [4.69, 9.17) is 15.5 Å². The number of carbonyl (C=O) groups is 2. The third-order valence-corrected chi connectivity index (χ3v) is 10.5. The van der Waals surface area contributed by atoms with Crippen LogP contribution in [0.15, 0.2) is 53.7 Å². The van der Waals surface area contributed by atoms with Crippen LogP contribution >= 0.6 is 0 Å². The molecule has 0 unspecified atom stereocenters. The van der Waals surface area contributed by atoms with Gasteiger partial charge in [0.1, 0.15) is 5.82 Å². The number of methoxy groups -OCH3 is 1. The highest BCUT2D eigenvalue weighted by atomic mass is 16.5. The zero-order valence-electron chi connectivity index (χ0n) is 29.0. The summed E-state index contributed by atoms with van der Waals surface area (Å²) in [5.41, 5.74) is 15.4. The fourth-order valence-electron chi connectivity index (χ4n) is 8.01. The smallest absolute Gasteiger partial charge is 0.417 e. The van der Waals surface area contributed by atoms with Crippen LogP contribution in [0.3, 0.4) is 0 Å². The van der Waals surface area contributed by atoms with E-state index >= 15 is 0 Å². The summed E-state index contributed by atoms with van der Waals surface area (Å²) in [6, 6.07) is 14.5. The van der Waals surface area contributed by atoms with E-state index in [1.807, 2.05) is 39.3 Å². The molecule has 3 aromatic carbocycles. The molecule has 256 valence electrons. The minimum Gasteiger partial charge on any atom is -0.452 e. The summed E-state index contributed by atoms with van der Waals surface area (Å²) in [5.74, 6) is 0.733.